The highest BCUT2D eigenvalue weighted by molar-refractivity contribution is 8.00. The number of methoxy groups -OCH3 is 1. The number of aryl methyl sites for hydroxylation is 1. The Kier molecular flexibility index (Phi) is 12.7. The SMILES string of the molecule is CCCCCCC(Sc1cc(Cl)cc(Cl)c1)C(CC(CCc1ncc[nH]1)C(=O)OC)C(C)C. The number of thioether (sulfide) groups is 1. The molecule has 1 N–H and O–H groups in total. The van der Waals surface area contributed by atoms with Crippen LogP contribution in [-0.4, -0.2) is 28.3 Å². The molecule has 0 bridgehead atoms. The van der Waals surface area contributed by atoms with E-state index in [0.717, 1.165) is 36.4 Å². The summed E-state index contributed by atoms with van der Waals surface area (Å²) in [6, 6.07) is 5.75. The minimum absolute atomic E-state index is 0.132. The molecule has 0 saturated heterocycles. The van der Waals surface area contributed by atoms with Crippen molar-refractivity contribution in [3.63, 3.8) is 0 Å². The van der Waals surface area contributed by atoms with Crippen LogP contribution in [0.5, 0.6) is 0 Å². The Labute approximate surface area is 213 Å². The molecule has 0 aliphatic carbocycles. The average molecular weight is 514 g/mol. The summed E-state index contributed by atoms with van der Waals surface area (Å²) in [5, 5.41) is 1.68. The van der Waals surface area contributed by atoms with Crippen LogP contribution in [0.4, 0.5) is 0 Å². The van der Waals surface area contributed by atoms with Crippen molar-refractivity contribution in [3.05, 3.63) is 46.5 Å². The van der Waals surface area contributed by atoms with Crippen molar-refractivity contribution in [1.82, 2.24) is 9.97 Å². The highest BCUT2D eigenvalue weighted by Crippen LogP contribution is 2.40. The van der Waals surface area contributed by atoms with Gasteiger partial charge in [0.25, 0.3) is 0 Å². The summed E-state index contributed by atoms with van der Waals surface area (Å²) in [7, 11) is 1.48. The monoisotopic (exact) mass is 512 g/mol. The number of carbonyl (C=O) groups excluding carboxylic acids is 1. The van der Waals surface area contributed by atoms with Crippen molar-refractivity contribution in [1.29, 1.82) is 0 Å². The van der Waals surface area contributed by atoms with Crippen molar-refractivity contribution < 1.29 is 9.53 Å². The molecule has 0 aliphatic heterocycles. The lowest BCUT2D eigenvalue weighted by Crippen LogP contribution is -2.29. The van der Waals surface area contributed by atoms with E-state index in [1.54, 1.807) is 12.3 Å². The van der Waals surface area contributed by atoms with Gasteiger partial charge in [-0.3, -0.25) is 4.79 Å². The number of carbonyl (C=O) groups is 1. The molecule has 2 rings (SSSR count). The Bertz CT molecular complexity index is 809. The molecule has 33 heavy (non-hydrogen) atoms. The van der Waals surface area contributed by atoms with Crippen molar-refractivity contribution in [2.24, 2.45) is 17.8 Å². The average Bonchev–Trinajstić information content (AvgIpc) is 3.28. The van der Waals surface area contributed by atoms with Gasteiger partial charge < -0.3 is 9.72 Å². The first-order valence-electron chi connectivity index (χ1n) is 12.0. The first-order valence-corrected chi connectivity index (χ1v) is 13.7. The fourth-order valence-electron chi connectivity index (χ4n) is 4.33. The molecule has 1 aromatic carbocycles. The number of hydrogen-bond acceptors (Lipinski definition) is 4. The van der Waals surface area contributed by atoms with E-state index in [0.29, 0.717) is 27.1 Å². The molecule has 3 atom stereocenters. The van der Waals surface area contributed by atoms with Gasteiger partial charge in [0.05, 0.1) is 13.0 Å². The van der Waals surface area contributed by atoms with E-state index in [2.05, 4.69) is 30.7 Å². The molecule has 0 aliphatic rings. The number of unbranched alkanes of at least 4 members (excludes halogenated alkanes) is 3. The third-order valence-corrected chi connectivity index (χ3v) is 8.01. The smallest absolute Gasteiger partial charge is 0.308 e. The minimum atomic E-state index is -0.158. The van der Waals surface area contributed by atoms with Gasteiger partial charge in [-0.25, -0.2) is 4.98 Å². The largest absolute Gasteiger partial charge is 0.469 e. The molecule has 0 radical (unpaired) electrons. The van der Waals surface area contributed by atoms with Gasteiger partial charge in [-0.15, -0.1) is 11.8 Å². The van der Waals surface area contributed by atoms with Crippen LogP contribution in [0.15, 0.2) is 35.5 Å². The van der Waals surface area contributed by atoms with Crippen molar-refractivity contribution >= 4 is 40.9 Å². The third kappa shape index (κ3) is 9.92. The van der Waals surface area contributed by atoms with Crippen molar-refractivity contribution in [3.8, 4) is 0 Å². The molecule has 7 heteroatoms. The molecule has 4 nitrogen and oxygen atoms in total. The number of esters is 1. The zero-order valence-corrected chi connectivity index (χ0v) is 22.6. The third-order valence-electron chi connectivity index (χ3n) is 6.18. The molecule has 1 heterocycles. The highest BCUT2D eigenvalue weighted by atomic mass is 35.5. The van der Waals surface area contributed by atoms with Crippen LogP contribution in [0, 0.1) is 17.8 Å². The number of aromatic amines is 1. The number of imidazole rings is 1. The first kappa shape index (κ1) is 28.1. The maximum absolute atomic E-state index is 12.7. The molecule has 184 valence electrons. The number of aromatic nitrogens is 2. The number of nitrogens with one attached hydrogen (secondary N) is 1. The molecule has 0 fully saturated rings. The van der Waals surface area contributed by atoms with Crippen LogP contribution in [0.3, 0.4) is 0 Å². The Morgan fingerprint density at radius 1 is 1.12 bits per heavy atom. The van der Waals surface area contributed by atoms with E-state index in [4.69, 9.17) is 27.9 Å². The molecule has 0 saturated carbocycles. The van der Waals surface area contributed by atoms with Crippen LogP contribution in [0.1, 0.15) is 71.5 Å². The van der Waals surface area contributed by atoms with Gasteiger partial charge in [-0.2, -0.15) is 0 Å². The first-order chi connectivity index (χ1) is 15.8. The van der Waals surface area contributed by atoms with E-state index < -0.39 is 0 Å². The summed E-state index contributed by atoms with van der Waals surface area (Å²) in [5.74, 6) is 1.40. The summed E-state index contributed by atoms with van der Waals surface area (Å²) in [4.78, 5) is 21.2. The summed E-state index contributed by atoms with van der Waals surface area (Å²) in [6.07, 6.45) is 11.8. The van der Waals surface area contributed by atoms with Crippen LogP contribution in [0.2, 0.25) is 10.0 Å². The van der Waals surface area contributed by atoms with Crippen molar-refractivity contribution in [2.45, 2.75) is 82.3 Å². The Hall–Kier alpha value is -1.17. The maximum atomic E-state index is 12.7. The predicted molar refractivity (Wildman–Crippen MR) is 140 cm³/mol. The Morgan fingerprint density at radius 3 is 2.42 bits per heavy atom. The Morgan fingerprint density at radius 2 is 1.85 bits per heavy atom. The maximum Gasteiger partial charge on any atom is 0.308 e. The Balaban J connectivity index is 2.21. The lowest BCUT2D eigenvalue weighted by molar-refractivity contribution is -0.146. The molecular weight excluding hydrogens is 475 g/mol. The van der Waals surface area contributed by atoms with Gasteiger partial charge in [-0.1, -0.05) is 69.7 Å². The van der Waals surface area contributed by atoms with Gasteiger partial charge in [0.1, 0.15) is 5.82 Å². The minimum Gasteiger partial charge on any atom is -0.469 e. The molecule has 0 spiro atoms. The number of halogens is 2. The van der Waals surface area contributed by atoms with Gasteiger partial charge in [0.15, 0.2) is 0 Å². The zero-order valence-electron chi connectivity index (χ0n) is 20.3. The number of H-pyrrole nitrogens is 1. The zero-order chi connectivity index (χ0) is 24.2. The van der Waals surface area contributed by atoms with E-state index in [1.165, 1.54) is 32.8 Å². The van der Waals surface area contributed by atoms with Gasteiger partial charge in [0.2, 0.25) is 0 Å². The summed E-state index contributed by atoms with van der Waals surface area (Å²) in [6.45, 7) is 6.75. The van der Waals surface area contributed by atoms with Crippen molar-refractivity contribution in [2.75, 3.05) is 7.11 Å². The lowest BCUT2D eigenvalue weighted by atomic mass is 9.80. The normalized spacial score (nSPS) is 14.3. The van der Waals surface area contributed by atoms with E-state index >= 15 is 0 Å². The van der Waals surface area contributed by atoms with E-state index in [9.17, 15) is 4.79 Å². The predicted octanol–water partition coefficient (Wildman–Crippen LogP) is 8.23. The topological polar surface area (TPSA) is 55.0 Å². The van der Waals surface area contributed by atoms with Gasteiger partial charge in [-0.05, 0) is 49.3 Å². The lowest BCUT2D eigenvalue weighted by Gasteiger charge is -2.32. The molecule has 3 unspecified atom stereocenters. The van der Waals surface area contributed by atoms with E-state index in [-0.39, 0.29) is 11.9 Å². The number of rotatable bonds is 15. The molecule has 2 aromatic rings. The number of benzene rings is 1. The molecule has 1 aromatic heterocycles. The van der Waals surface area contributed by atoms with E-state index in [1.807, 2.05) is 30.1 Å². The quantitative estimate of drug-likeness (QED) is 0.148. The number of ether oxygens (including phenoxy) is 1. The van der Waals surface area contributed by atoms with Gasteiger partial charge >= 0.3 is 5.97 Å². The van der Waals surface area contributed by atoms with Gasteiger partial charge in [0, 0.05) is 39.0 Å². The van der Waals surface area contributed by atoms with Crippen LogP contribution >= 0.6 is 35.0 Å². The van der Waals surface area contributed by atoms with Crippen LogP contribution in [0.25, 0.3) is 0 Å². The number of hydrogen-bond donors (Lipinski definition) is 1. The second-order valence-corrected chi connectivity index (χ2v) is 11.2. The molecular formula is C26H38Cl2N2O2S. The summed E-state index contributed by atoms with van der Waals surface area (Å²) >= 11 is 14.4. The molecule has 0 amide bonds. The standard InChI is InChI=1S/C26H38Cl2N2O2S/c1-5-6-7-8-9-24(33-22-16-20(27)15-21(28)17-22)23(18(2)3)14-19(26(31)32-4)10-11-25-29-12-13-30-25/h12-13,15-19,23-24H,5-11,14H2,1-4H3,(H,29,30). The van der Waals surface area contributed by atoms with Crippen LogP contribution < -0.4 is 0 Å². The second-order valence-electron chi connectivity index (χ2n) is 9.05. The number of nitrogens with zero attached hydrogens (tertiary/aromatic N) is 1. The second kappa shape index (κ2) is 15.0. The highest BCUT2D eigenvalue weighted by Gasteiger charge is 2.31. The fraction of sp³-hybridized carbons (Fsp3) is 0.615. The fourth-order valence-corrected chi connectivity index (χ4v) is 6.61. The summed E-state index contributed by atoms with van der Waals surface area (Å²) < 4.78 is 5.19. The van der Waals surface area contributed by atoms with Crippen LogP contribution in [-0.2, 0) is 16.0 Å². The summed E-state index contributed by atoms with van der Waals surface area (Å²) in [5.41, 5.74) is 0.